The van der Waals surface area contributed by atoms with Crippen LogP contribution in [0, 0.1) is 5.92 Å². The van der Waals surface area contributed by atoms with E-state index in [0.29, 0.717) is 18.4 Å². The van der Waals surface area contributed by atoms with Gasteiger partial charge in [-0.25, -0.2) is 0 Å². The molecule has 1 amide bonds. The number of unbranched alkanes of at least 4 members (excludes halogenated alkanes) is 1. The van der Waals surface area contributed by atoms with Crippen LogP contribution < -0.4 is 10.6 Å². The lowest BCUT2D eigenvalue weighted by Crippen LogP contribution is -2.39. The van der Waals surface area contributed by atoms with E-state index in [0.717, 1.165) is 37.2 Å². The topological polar surface area (TPSA) is 50.4 Å². The lowest BCUT2D eigenvalue weighted by atomic mass is 9.80. The molecule has 2 aliphatic heterocycles. The van der Waals surface area contributed by atoms with Crippen molar-refractivity contribution in [2.75, 3.05) is 17.2 Å². The Morgan fingerprint density at radius 1 is 1.45 bits per heavy atom. The molecule has 4 heteroatoms. The van der Waals surface area contributed by atoms with Gasteiger partial charge in [-0.1, -0.05) is 13.3 Å². The molecular formula is C18H26N2O2. The van der Waals surface area contributed by atoms with Crippen LogP contribution in [0.25, 0.3) is 0 Å². The minimum absolute atomic E-state index is 0.0973. The Morgan fingerprint density at radius 2 is 2.32 bits per heavy atom. The van der Waals surface area contributed by atoms with Crippen LogP contribution in [-0.4, -0.2) is 18.6 Å². The minimum atomic E-state index is 0.0973. The maximum Gasteiger partial charge on any atom is 0.224 e. The standard InChI is InChI=1S/C18H26N2O2/c1-3-4-7-17(21)20-13-8-9-16-15(11-13)18-14(12(2)19-16)6-5-10-22-18/h8-9,11-12,14,18-19H,3-7,10H2,1-2H3,(H,20,21). The number of anilines is 2. The highest BCUT2D eigenvalue weighted by molar-refractivity contribution is 5.91. The van der Waals surface area contributed by atoms with E-state index in [-0.39, 0.29) is 12.0 Å². The van der Waals surface area contributed by atoms with Crippen molar-refractivity contribution in [3.63, 3.8) is 0 Å². The third-order valence-corrected chi connectivity index (χ3v) is 4.79. The summed E-state index contributed by atoms with van der Waals surface area (Å²) in [6.07, 6.45) is 5.06. The first-order valence-corrected chi connectivity index (χ1v) is 8.51. The van der Waals surface area contributed by atoms with Crippen LogP contribution in [0.15, 0.2) is 18.2 Å². The predicted octanol–water partition coefficient (Wildman–Crippen LogP) is 4.10. The summed E-state index contributed by atoms with van der Waals surface area (Å²) in [5.41, 5.74) is 3.21. The fourth-order valence-electron chi connectivity index (χ4n) is 3.56. The van der Waals surface area contributed by atoms with E-state index in [9.17, 15) is 4.79 Å². The van der Waals surface area contributed by atoms with Gasteiger partial charge < -0.3 is 15.4 Å². The van der Waals surface area contributed by atoms with Crippen LogP contribution in [0.2, 0.25) is 0 Å². The number of amides is 1. The van der Waals surface area contributed by atoms with Crippen molar-refractivity contribution in [3.05, 3.63) is 23.8 Å². The molecule has 22 heavy (non-hydrogen) atoms. The Morgan fingerprint density at radius 3 is 3.14 bits per heavy atom. The van der Waals surface area contributed by atoms with Crippen LogP contribution in [0.1, 0.15) is 57.6 Å². The van der Waals surface area contributed by atoms with Crippen LogP contribution in [0.3, 0.4) is 0 Å². The molecule has 3 unspecified atom stereocenters. The van der Waals surface area contributed by atoms with Gasteiger partial charge in [-0.05, 0) is 44.4 Å². The van der Waals surface area contributed by atoms with Crippen molar-refractivity contribution in [3.8, 4) is 0 Å². The first kappa shape index (κ1) is 15.3. The summed E-state index contributed by atoms with van der Waals surface area (Å²) in [5, 5.41) is 6.59. The fraction of sp³-hybridized carbons (Fsp3) is 0.611. The van der Waals surface area contributed by atoms with Gasteiger partial charge in [0.2, 0.25) is 5.91 Å². The average molecular weight is 302 g/mol. The molecule has 1 aromatic rings. The molecular weight excluding hydrogens is 276 g/mol. The Labute approximate surface area is 132 Å². The molecule has 0 saturated carbocycles. The third kappa shape index (κ3) is 3.12. The Bertz CT molecular complexity index is 544. The molecule has 0 aliphatic carbocycles. The van der Waals surface area contributed by atoms with E-state index in [1.54, 1.807) is 0 Å². The Balaban J connectivity index is 1.79. The Hall–Kier alpha value is -1.55. The van der Waals surface area contributed by atoms with Gasteiger partial charge in [0, 0.05) is 41.9 Å². The average Bonchev–Trinajstić information content (AvgIpc) is 2.54. The molecule has 1 aromatic carbocycles. The minimum Gasteiger partial charge on any atom is -0.382 e. The molecule has 0 aromatic heterocycles. The summed E-state index contributed by atoms with van der Waals surface area (Å²) in [5.74, 6) is 0.618. The van der Waals surface area contributed by atoms with Gasteiger partial charge in [-0.15, -0.1) is 0 Å². The van der Waals surface area contributed by atoms with Gasteiger partial charge in [-0.2, -0.15) is 0 Å². The van der Waals surface area contributed by atoms with Gasteiger partial charge in [0.1, 0.15) is 0 Å². The van der Waals surface area contributed by atoms with E-state index < -0.39 is 0 Å². The number of rotatable bonds is 4. The number of fused-ring (bicyclic) bond motifs is 3. The molecule has 4 nitrogen and oxygen atoms in total. The maximum atomic E-state index is 11.9. The van der Waals surface area contributed by atoms with Gasteiger partial charge in [0.05, 0.1) is 6.10 Å². The van der Waals surface area contributed by atoms with Crippen molar-refractivity contribution < 1.29 is 9.53 Å². The molecule has 2 aliphatic rings. The number of hydrogen-bond donors (Lipinski definition) is 2. The first-order chi connectivity index (χ1) is 10.7. The number of benzene rings is 1. The largest absolute Gasteiger partial charge is 0.382 e. The van der Waals surface area contributed by atoms with E-state index in [2.05, 4.69) is 36.6 Å². The highest BCUT2D eigenvalue weighted by Crippen LogP contribution is 2.44. The number of ether oxygens (including phenoxy) is 1. The molecule has 3 atom stereocenters. The zero-order chi connectivity index (χ0) is 15.5. The van der Waals surface area contributed by atoms with Crippen molar-refractivity contribution in [2.24, 2.45) is 5.92 Å². The number of carbonyl (C=O) groups excluding carboxylic acids is 1. The summed E-state index contributed by atoms with van der Waals surface area (Å²) in [4.78, 5) is 11.9. The van der Waals surface area contributed by atoms with E-state index in [1.807, 2.05) is 6.07 Å². The molecule has 120 valence electrons. The van der Waals surface area contributed by atoms with E-state index >= 15 is 0 Å². The molecule has 0 radical (unpaired) electrons. The van der Waals surface area contributed by atoms with Crippen molar-refractivity contribution in [1.82, 2.24) is 0 Å². The maximum absolute atomic E-state index is 11.9. The van der Waals surface area contributed by atoms with Gasteiger partial charge in [0.15, 0.2) is 0 Å². The predicted molar refractivity (Wildman–Crippen MR) is 89.1 cm³/mol. The lowest BCUT2D eigenvalue weighted by molar-refractivity contribution is -0.116. The van der Waals surface area contributed by atoms with Crippen LogP contribution in [0.4, 0.5) is 11.4 Å². The highest BCUT2D eigenvalue weighted by atomic mass is 16.5. The lowest BCUT2D eigenvalue weighted by Gasteiger charge is -2.42. The molecule has 2 N–H and O–H groups in total. The third-order valence-electron chi connectivity index (χ3n) is 4.79. The van der Waals surface area contributed by atoms with Crippen molar-refractivity contribution in [1.29, 1.82) is 0 Å². The second-order valence-electron chi connectivity index (χ2n) is 6.48. The summed E-state index contributed by atoms with van der Waals surface area (Å²) in [6, 6.07) is 6.56. The molecule has 2 heterocycles. The summed E-state index contributed by atoms with van der Waals surface area (Å²) in [6.45, 7) is 5.16. The molecule has 0 bridgehead atoms. The molecule has 0 spiro atoms. The zero-order valence-corrected chi connectivity index (χ0v) is 13.5. The molecule has 1 fully saturated rings. The normalized spacial score (nSPS) is 26.5. The molecule has 3 rings (SSSR count). The summed E-state index contributed by atoms with van der Waals surface area (Å²) >= 11 is 0. The Kier molecular flexibility index (Phi) is 4.67. The fourth-order valence-corrected chi connectivity index (χ4v) is 3.56. The second-order valence-corrected chi connectivity index (χ2v) is 6.48. The second kappa shape index (κ2) is 6.69. The number of nitrogens with one attached hydrogen (secondary N) is 2. The van der Waals surface area contributed by atoms with E-state index in [1.165, 1.54) is 12.0 Å². The quantitative estimate of drug-likeness (QED) is 0.880. The van der Waals surface area contributed by atoms with Crippen LogP contribution in [-0.2, 0) is 9.53 Å². The highest BCUT2D eigenvalue weighted by Gasteiger charge is 2.37. The van der Waals surface area contributed by atoms with Gasteiger partial charge >= 0.3 is 0 Å². The number of hydrogen-bond acceptors (Lipinski definition) is 3. The monoisotopic (exact) mass is 302 g/mol. The van der Waals surface area contributed by atoms with E-state index in [4.69, 9.17) is 4.74 Å². The SMILES string of the molecule is CCCCC(=O)Nc1ccc2c(c1)C1OCCCC1C(C)N2. The van der Waals surface area contributed by atoms with Crippen molar-refractivity contribution >= 4 is 17.3 Å². The van der Waals surface area contributed by atoms with Crippen LogP contribution >= 0.6 is 0 Å². The van der Waals surface area contributed by atoms with Crippen molar-refractivity contribution in [2.45, 2.75) is 58.1 Å². The first-order valence-electron chi connectivity index (χ1n) is 8.51. The molecule has 1 saturated heterocycles. The summed E-state index contributed by atoms with van der Waals surface area (Å²) in [7, 11) is 0. The van der Waals surface area contributed by atoms with Gasteiger partial charge in [-0.3, -0.25) is 4.79 Å². The number of carbonyl (C=O) groups is 1. The summed E-state index contributed by atoms with van der Waals surface area (Å²) < 4.78 is 6.05. The van der Waals surface area contributed by atoms with Crippen LogP contribution in [0.5, 0.6) is 0 Å². The van der Waals surface area contributed by atoms with Gasteiger partial charge in [0.25, 0.3) is 0 Å². The smallest absolute Gasteiger partial charge is 0.224 e. The zero-order valence-electron chi connectivity index (χ0n) is 13.5.